The van der Waals surface area contributed by atoms with Gasteiger partial charge in [0.25, 0.3) is 0 Å². The van der Waals surface area contributed by atoms with Gasteiger partial charge in [-0.1, -0.05) is 19.8 Å². The molecule has 0 spiro atoms. The van der Waals surface area contributed by atoms with Crippen LogP contribution in [0.2, 0.25) is 0 Å². The molecular weight excluding hydrogens is 294 g/mol. The van der Waals surface area contributed by atoms with Crippen LogP contribution in [0.5, 0.6) is 0 Å². The molecule has 1 aromatic rings. The van der Waals surface area contributed by atoms with Crippen molar-refractivity contribution in [2.45, 2.75) is 51.5 Å². The van der Waals surface area contributed by atoms with Gasteiger partial charge < -0.3 is 5.32 Å². The minimum atomic E-state index is 0.697. The predicted octanol–water partition coefficient (Wildman–Crippen LogP) is 4.61. The van der Waals surface area contributed by atoms with Gasteiger partial charge in [-0.25, -0.2) is 0 Å². The molecule has 1 heterocycles. The summed E-state index contributed by atoms with van der Waals surface area (Å²) in [7, 11) is 0. The Morgan fingerprint density at radius 3 is 2.82 bits per heavy atom. The first-order chi connectivity index (χ1) is 8.29. The van der Waals surface area contributed by atoms with E-state index in [4.69, 9.17) is 0 Å². The van der Waals surface area contributed by atoms with E-state index in [0.29, 0.717) is 6.04 Å². The van der Waals surface area contributed by atoms with Crippen molar-refractivity contribution < 1.29 is 0 Å². The van der Waals surface area contributed by atoms with Crippen LogP contribution in [-0.2, 0) is 6.42 Å². The van der Waals surface area contributed by atoms with Crippen molar-refractivity contribution in [1.29, 1.82) is 0 Å². The second-order valence-corrected chi connectivity index (χ2v) is 6.95. The number of thiophene rings is 1. The molecule has 1 fully saturated rings. The maximum atomic E-state index is 3.76. The monoisotopic (exact) mass is 315 g/mol. The van der Waals surface area contributed by atoms with Crippen LogP contribution in [-0.4, -0.2) is 12.6 Å². The third-order valence-electron chi connectivity index (χ3n) is 3.67. The third kappa shape index (κ3) is 4.08. The molecular formula is C14H22BrNS. The maximum Gasteiger partial charge on any atom is 0.0285 e. The molecule has 0 aliphatic heterocycles. The largest absolute Gasteiger partial charge is 0.313 e. The van der Waals surface area contributed by atoms with Crippen LogP contribution < -0.4 is 5.32 Å². The highest BCUT2D eigenvalue weighted by Crippen LogP contribution is 2.31. The van der Waals surface area contributed by atoms with E-state index < -0.39 is 0 Å². The molecule has 0 aromatic carbocycles. The van der Waals surface area contributed by atoms with Crippen molar-refractivity contribution in [3.63, 3.8) is 0 Å². The lowest BCUT2D eigenvalue weighted by atomic mass is 9.94. The van der Waals surface area contributed by atoms with Crippen LogP contribution in [0, 0.1) is 5.92 Å². The third-order valence-corrected chi connectivity index (χ3v) is 5.39. The van der Waals surface area contributed by atoms with E-state index >= 15 is 0 Å². The van der Waals surface area contributed by atoms with E-state index in [0.717, 1.165) is 12.5 Å². The molecule has 1 nitrogen and oxygen atoms in total. The van der Waals surface area contributed by atoms with Gasteiger partial charge in [-0.05, 0) is 60.1 Å². The summed E-state index contributed by atoms with van der Waals surface area (Å²) in [6.45, 7) is 3.41. The molecule has 1 aliphatic carbocycles. The first-order valence-electron chi connectivity index (χ1n) is 6.76. The van der Waals surface area contributed by atoms with Crippen LogP contribution >= 0.6 is 27.3 Å². The average Bonchev–Trinajstić information content (AvgIpc) is 2.95. The minimum Gasteiger partial charge on any atom is -0.313 e. The topological polar surface area (TPSA) is 12.0 Å². The molecule has 96 valence electrons. The molecule has 3 heteroatoms. The van der Waals surface area contributed by atoms with Gasteiger partial charge in [0.1, 0.15) is 0 Å². The summed E-state index contributed by atoms with van der Waals surface area (Å²) in [5.41, 5.74) is 0. The first-order valence-corrected chi connectivity index (χ1v) is 8.43. The molecule has 1 aromatic heterocycles. The van der Waals surface area contributed by atoms with E-state index in [1.165, 1.54) is 47.9 Å². The molecule has 0 radical (unpaired) electrons. The Kier molecular flexibility index (Phi) is 5.51. The summed E-state index contributed by atoms with van der Waals surface area (Å²) in [6, 6.07) is 2.98. The molecule has 0 amide bonds. The van der Waals surface area contributed by atoms with Gasteiger partial charge in [0.2, 0.25) is 0 Å². The summed E-state index contributed by atoms with van der Waals surface area (Å²) < 4.78 is 1.23. The SMILES string of the molecule is CCCNC(Cc1cc(Br)cs1)C1CCCC1. The number of hydrogen-bond acceptors (Lipinski definition) is 2. The van der Waals surface area contributed by atoms with Gasteiger partial charge in [-0.2, -0.15) is 0 Å². The number of hydrogen-bond donors (Lipinski definition) is 1. The van der Waals surface area contributed by atoms with Crippen molar-refractivity contribution in [1.82, 2.24) is 5.32 Å². The molecule has 1 aliphatic rings. The van der Waals surface area contributed by atoms with Crippen LogP contribution in [0.3, 0.4) is 0 Å². The smallest absolute Gasteiger partial charge is 0.0285 e. The van der Waals surface area contributed by atoms with Gasteiger partial charge in [-0.15, -0.1) is 11.3 Å². The Morgan fingerprint density at radius 2 is 2.24 bits per heavy atom. The molecule has 1 N–H and O–H groups in total. The number of rotatable bonds is 6. The van der Waals surface area contributed by atoms with Crippen molar-refractivity contribution in [2.75, 3.05) is 6.54 Å². The van der Waals surface area contributed by atoms with Gasteiger partial charge >= 0.3 is 0 Å². The Balaban J connectivity index is 1.94. The molecule has 2 rings (SSSR count). The summed E-state index contributed by atoms with van der Waals surface area (Å²) in [6.07, 6.45) is 8.16. The molecule has 0 bridgehead atoms. The Labute approximate surface area is 117 Å². The highest BCUT2D eigenvalue weighted by atomic mass is 79.9. The van der Waals surface area contributed by atoms with Crippen LogP contribution in [0.1, 0.15) is 43.9 Å². The van der Waals surface area contributed by atoms with E-state index in [1.807, 2.05) is 11.3 Å². The van der Waals surface area contributed by atoms with Crippen molar-refractivity contribution in [3.8, 4) is 0 Å². The number of nitrogens with one attached hydrogen (secondary N) is 1. The predicted molar refractivity (Wildman–Crippen MR) is 79.8 cm³/mol. The van der Waals surface area contributed by atoms with Crippen LogP contribution in [0.15, 0.2) is 15.9 Å². The van der Waals surface area contributed by atoms with Gasteiger partial charge in [0.05, 0.1) is 0 Å². The van der Waals surface area contributed by atoms with Crippen LogP contribution in [0.25, 0.3) is 0 Å². The highest BCUT2D eigenvalue weighted by Gasteiger charge is 2.24. The van der Waals surface area contributed by atoms with Crippen molar-refractivity contribution >= 4 is 27.3 Å². The highest BCUT2D eigenvalue weighted by molar-refractivity contribution is 9.10. The quantitative estimate of drug-likeness (QED) is 0.808. The average molecular weight is 316 g/mol. The molecule has 0 saturated heterocycles. The van der Waals surface area contributed by atoms with Crippen LogP contribution in [0.4, 0.5) is 0 Å². The summed E-state index contributed by atoms with van der Waals surface area (Å²) >= 11 is 5.43. The molecule has 17 heavy (non-hydrogen) atoms. The van der Waals surface area contributed by atoms with E-state index in [-0.39, 0.29) is 0 Å². The second kappa shape index (κ2) is 6.91. The van der Waals surface area contributed by atoms with Gasteiger partial charge in [-0.3, -0.25) is 0 Å². The van der Waals surface area contributed by atoms with E-state index in [9.17, 15) is 0 Å². The lowest BCUT2D eigenvalue weighted by molar-refractivity contribution is 0.358. The lowest BCUT2D eigenvalue weighted by Crippen LogP contribution is -2.37. The fourth-order valence-corrected chi connectivity index (χ4v) is 4.28. The Bertz CT molecular complexity index is 331. The maximum absolute atomic E-state index is 3.76. The standard InChI is InChI=1S/C14H22BrNS/c1-2-7-16-14(11-5-3-4-6-11)9-13-8-12(15)10-17-13/h8,10-11,14,16H,2-7,9H2,1H3. The lowest BCUT2D eigenvalue weighted by Gasteiger charge is -2.24. The second-order valence-electron chi connectivity index (χ2n) is 5.04. The Morgan fingerprint density at radius 1 is 1.47 bits per heavy atom. The zero-order chi connectivity index (χ0) is 12.1. The van der Waals surface area contributed by atoms with Gasteiger partial charge in [0.15, 0.2) is 0 Å². The van der Waals surface area contributed by atoms with Gasteiger partial charge in [0, 0.05) is 20.8 Å². The summed E-state index contributed by atoms with van der Waals surface area (Å²) in [5, 5.41) is 5.96. The molecule has 1 atom stereocenters. The van der Waals surface area contributed by atoms with E-state index in [2.05, 4.69) is 39.6 Å². The fraction of sp³-hybridized carbons (Fsp3) is 0.714. The zero-order valence-corrected chi connectivity index (χ0v) is 12.9. The van der Waals surface area contributed by atoms with E-state index in [1.54, 1.807) is 0 Å². The summed E-state index contributed by atoms with van der Waals surface area (Å²) in [5.74, 6) is 0.905. The zero-order valence-electron chi connectivity index (χ0n) is 10.5. The van der Waals surface area contributed by atoms with Crippen molar-refractivity contribution in [2.24, 2.45) is 5.92 Å². The molecule has 1 saturated carbocycles. The minimum absolute atomic E-state index is 0.697. The molecule has 1 unspecified atom stereocenters. The Hall–Kier alpha value is 0.140. The fourth-order valence-electron chi connectivity index (χ4n) is 2.77. The summed E-state index contributed by atoms with van der Waals surface area (Å²) in [4.78, 5) is 1.51. The normalized spacial score (nSPS) is 18.7. The first kappa shape index (κ1) is 13.6. The van der Waals surface area contributed by atoms with Crippen molar-refractivity contribution in [3.05, 3.63) is 20.8 Å². The number of halogens is 1.